The predicted octanol–water partition coefficient (Wildman–Crippen LogP) is 2.62. The standard InChI is InChI=1S/C13H17FN2O/c1-9-4-3-5-10(2)16(9)13(17)11-6-7-15-8-12(11)14/h6-10H,3-5H2,1-2H3/t9-,10+. The Morgan fingerprint density at radius 3 is 2.65 bits per heavy atom. The number of hydrogen-bond acceptors (Lipinski definition) is 2. The van der Waals surface area contributed by atoms with E-state index < -0.39 is 5.82 Å². The molecule has 0 radical (unpaired) electrons. The Hall–Kier alpha value is -1.45. The highest BCUT2D eigenvalue weighted by Gasteiger charge is 2.30. The lowest BCUT2D eigenvalue weighted by atomic mass is 9.96. The summed E-state index contributed by atoms with van der Waals surface area (Å²) in [6, 6.07) is 1.81. The first-order valence-corrected chi connectivity index (χ1v) is 6.03. The molecule has 0 bridgehead atoms. The second-order valence-electron chi connectivity index (χ2n) is 4.70. The van der Waals surface area contributed by atoms with Gasteiger partial charge >= 0.3 is 0 Å². The fraction of sp³-hybridized carbons (Fsp3) is 0.538. The van der Waals surface area contributed by atoms with Gasteiger partial charge in [-0.1, -0.05) is 0 Å². The highest BCUT2D eigenvalue weighted by atomic mass is 19.1. The lowest BCUT2D eigenvalue weighted by molar-refractivity contribution is 0.0506. The minimum Gasteiger partial charge on any atom is -0.333 e. The first-order valence-electron chi connectivity index (χ1n) is 6.03. The van der Waals surface area contributed by atoms with Crippen molar-refractivity contribution in [3.05, 3.63) is 29.8 Å². The number of halogens is 1. The van der Waals surface area contributed by atoms with Crippen LogP contribution in [0.15, 0.2) is 18.5 Å². The summed E-state index contributed by atoms with van der Waals surface area (Å²) in [5.41, 5.74) is 0.126. The Balaban J connectivity index is 2.27. The molecular formula is C13H17FN2O. The Labute approximate surface area is 101 Å². The quantitative estimate of drug-likeness (QED) is 0.751. The average Bonchev–Trinajstić information content (AvgIpc) is 2.29. The molecule has 1 aromatic rings. The molecule has 1 aliphatic heterocycles. The van der Waals surface area contributed by atoms with E-state index in [1.165, 1.54) is 12.3 Å². The molecule has 1 aliphatic rings. The molecule has 92 valence electrons. The van der Waals surface area contributed by atoms with E-state index in [1.807, 2.05) is 13.8 Å². The second kappa shape index (κ2) is 4.82. The smallest absolute Gasteiger partial charge is 0.257 e. The highest BCUT2D eigenvalue weighted by Crippen LogP contribution is 2.25. The number of likely N-dealkylation sites (tertiary alicyclic amines) is 1. The molecule has 1 amide bonds. The van der Waals surface area contributed by atoms with Crippen molar-refractivity contribution in [3.8, 4) is 0 Å². The number of amides is 1. The SMILES string of the molecule is C[C@@H]1CCC[C@H](C)N1C(=O)c1ccncc1F. The van der Waals surface area contributed by atoms with Crippen LogP contribution in [0.3, 0.4) is 0 Å². The van der Waals surface area contributed by atoms with Crippen molar-refractivity contribution in [1.82, 2.24) is 9.88 Å². The van der Waals surface area contributed by atoms with Crippen molar-refractivity contribution in [2.75, 3.05) is 0 Å². The van der Waals surface area contributed by atoms with Gasteiger partial charge in [-0.25, -0.2) is 4.39 Å². The maximum absolute atomic E-state index is 13.5. The first kappa shape index (κ1) is 12.0. The predicted molar refractivity (Wildman–Crippen MR) is 63.1 cm³/mol. The van der Waals surface area contributed by atoms with E-state index in [0.29, 0.717) is 0 Å². The summed E-state index contributed by atoms with van der Waals surface area (Å²) in [6.45, 7) is 4.04. The number of carbonyl (C=O) groups excluding carboxylic acids is 1. The van der Waals surface area contributed by atoms with Gasteiger partial charge in [0, 0.05) is 18.3 Å². The van der Waals surface area contributed by atoms with E-state index in [1.54, 1.807) is 4.90 Å². The van der Waals surface area contributed by atoms with Crippen LogP contribution in [0.4, 0.5) is 4.39 Å². The molecule has 2 heterocycles. The molecular weight excluding hydrogens is 219 g/mol. The number of rotatable bonds is 1. The summed E-state index contributed by atoms with van der Waals surface area (Å²) in [5.74, 6) is -0.757. The van der Waals surface area contributed by atoms with E-state index in [0.717, 1.165) is 25.5 Å². The second-order valence-corrected chi connectivity index (χ2v) is 4.70. The van der Waals surface area contributed by atoms with Crippen molar-refractivity contribution in [2.24, 2.45) is 0 Å². The van der Waals surface area contributed by atoms with Crippen LogP contribution < -0.4 is 0 Å². The maximum Gasteiger partial charge on any atom is 0.257 e. The van der Waals surface area contributed by atoms with Gasteiger partial charge in [0.1, 0.15) is 0 Å². The highest BCUT2D eigenvalue weighted by molar-refractivity contribution is 5.94. The topological polar surface area (TPSA) is 33.2 Å². The minimum absolute atomic E-state index is 0.126. The van der Waals surface area contributed by atoms with Crippen molar-refractivity contribution in [3.63, 3.8) is 0 Å². The molecule has 1 aromatic heterocycles. The molecule has 2 atom stereocenters. The Morgan fingerprint density at radius 2 is 2.06 bits per heavy atom. The zero-order valence-electron chi connectivity index (χ0n) is 10.2. The molecule has 0 N–H and O–H groups in total. The Bertz CT molecular complexity index is 412. The summed E-state index contributed by atoms with van der Waals surface area (Å²) in [7, 11) is 0. The number of hydrogen-bond donors (Lipinski definition) is 0. The van der Waals surface area contributed by atoms with Crippen molar-refractivity contribution < 1.29 is 9.18 Å². The lowest BCUT2D eigenvalue weighted by Gasteiger charge is -2.39. The van der Waals surface area contributed by atoms with Crippen LogP contribution in [-0.2, 0) is 0 Å². The van der Waals surface area contributed by atoms with Crippen LogP contribution in [0.1, 0.15) is 43.5 Å². The molecule has 1 fully saturated rings. The third kappa shape index (κ3) is 2.30. The van der Waals surface area contributed by atoms with Gasteiger partial charge in [-0.2, -0.15) is 0 Å². The zero-order valence-corrected chi connectivity index (χ0v) is 10.2. The molecule has 0 aliphatic carbocycles. The summed E-state index contributed by atoms with van der Waals surface area (Å²) < 4.78 is 13.5. The molecule has 3 nitrogen and oxygen atoms in total. The molecule has 0 saturated carbocycles. The average molecular weight is 236 g/mol. The molecule has 0 unspecified atom stereocenters. The third-order valence-corrected chi connectivity index (χ3v) is 3.43. The largest absolute Gasteiger partial charge is 0.333 e. The van der Waals surface area contributed by atoms with Gasteiger partial charge in [0.05, 0.1) is 11.8 Å². The molecule has 0 aromatic carbocycles. The number of carbonyl (C=O) groups is 1. The fourth-order valence-electron chi connectivity index (χ4n) is 2.51. The van der Waals surface area contributed by atoms with Crippen LogP contribution in [0.2, 0.25) is 0 Å². The van der Waals surface area contributed by atoms with E-state index in [9.17, 15) is 9.18 Å². The summed E-state index contributed by atoms with van der Waals surface area (Å²) in [5, 5.41) is 0. The van der Waals surface area contributed by atoms with Crippen LogP contribution in [-0.4, -0.2) is 27.9 Å². The number of pyridine rings is 1. The maximum atomic E-state index is 13.5. The van der Waals surface area contributed by atoms with Crippen LogP contribution in [0.5, 0.6) is 0 Å². The Kier molecular flexibility index (Phi) is 3.41. The van der Waals surface area contributed by atoms with E-state index in [4.69, 9.17) is 0 Å². The number of piperidine rings is 1. The van der Waals surface area contributed by atoms with E-state index >= 15 is 0 Å². The lowest BCUT2D eigenvalue weighted by Crippen LogP contribution is -2.47. The molecule has 1 saturated heterocycles. The monoisotopic (exact) mass is 236 g/mol. The Morgan fingerprint density at radius 1 is 1.41 bits per heavy atom. The molecule has 17 heavy (non-hydrogen) atoms. The van der Waals surface area contributed by atoms with Crippen LogP contribution in [0, 0.1) is 5.82 Å². The van der Waals surface area contributed by atoms with Gasteiger partial charge in [-0.05, 0) is 39.2 Å². The normalized spacial score (nSPS) is 24.8. The number of nitrogens with zero attached hydrogens (tertiary/aromatic N) is 2. The molecule has 4 heteroatoms. The van der Waals surface area contributed by atoms with E-state index in [2.05, 4.69) is 4.98 Å². The van der Waals surface area contributed by atoms with Crippen molar-refractivity contribution in [2.45, 2.75) is 45.2 Å². The van der Waals surface area contributed by atoms with Gasteiger partial charge in [-0.3, -0.25) is 9.78 Å². The van der Waals surface area contributed by atoms with E-state index in [-0.39, 0.29) is 23.6 Å². The van der Waals surface area contributed by atoms with Gasteiger partial charge in [0.25, 0.3) is 5.91 Å². The molecule has 2 rings (SSSR count). The first-order chi connectivity index (χ1) is 8.11. The number of aromatic nitrogens is 1. The van der Waals surface area contributed by atoms with Gasteiger partial charge in [0.15, 0.2) is 5.82 Å². The fourth-order valence-corrected chi connectivity index (χ4v) is 2.51. The third-order valence-electron chi connectivity index (χ3n) is 3.43. The minimum atomic E-state index is -0.539. The summed E-state index contributed by atoms with van der Waals surface area (Å²) in [4.78, 5) is 17.8. The van der Waals surface area contributed by atoms with Crippen LogP contribution in [0.25, 0.3) is 0 Å². The van der Waals surface area contributed by atoms with Gasteiger partial charge in [-0.15, -0.1) is 0 Å². The van der Waals surface area contributed by atoms with Gasteiger partial charge < -0.3 is 4.90 Å². The summed E-state index contributed by atoms with van der Waals surface area (Å²) in [6.07, 6.45) is 5.65. The van der Waals surface area contributed by atoms with Gasteiger partial charge in [0.2, 0.25) is 0 Å². The van der Waals surface area contributed by atoms with Crippen molar-refractivity contribution in [1.29, 1.82) is 0 Å². The summed E-state index contributed by atoms with van der Waals surface area (Å²) >= 11 is 0. The molecule has 0 spiro atoms. The van der Waals surface area contributed by atoms with Crippen molar-refractivity contribution >= 4 is 5.91 Å². The van der Waals surface area contributed by atoms with Crippen LogP contribution >= 0.6 is 0 Å². The zero-order chi connectivity index (χ0) is 12.4.